The number of nitrogens with zero attached hydrogens (tertiary/aromatic N) is 2. The molecule has 1 heterocycles. The van der Waals surface area contributed by atoms with Crippen molar-refractivity contribution in [1.82, 2.24) is 9.97 Å². The Morgan fingerprint density at radius 3 is 2.15 bits per heavy atom. The summed E-state index contributed by atoms with van der Waals surface area (Å²) in [5.41, 5.74) is 0.323. The lowest BCUT2D eigenvalue weighted by Crippen LogP contribution is -2.16. The lowest BCUT2D eigenvalue weighted by Gasteiger charge is -2.17. The maximum Gasteiger partial charge on any atom is 0.218 e. The average Bonchev–Trinajstić information content (AvgIpc) is 1.97. The van der Waals surface area contributed by atoms with Gasteiger partial charge in [-0.15, -0.1) is 0 Å². The molecule has 0 aliphatic heterocycles. The number of aromatic nitrogens is 2. The van der Waals surface area contributed by atoms with Gasteiger partial charge < -0.3 is 5.11 Å². The SMILES string of the molecule is Cc1c(O)nc(C(C)(C)C)nc1Cl. The lowest BCUT2D eigenvalue weighted by molar-refractivity contribution is 0.432. The Hall–Kier alpha value is -0.830. The van der Waals surface area contributed by atoms with Gasteiger partial charge in [0.05, 0.1) is 0 Å². The van der Waals surface area contributed by atoms with E-state index in [0.717, 1.165) is 0 Å². The highest BCUT2D eigenvalue weighted by Gasteiger charge is 2.20. The standard InChI is InChI=1S/C9H13ClN2O/c1-5-6(10)11-8(9(2,3)4)12-7(5)13/h1-4H3,(H,11,12,13). The number of hydrogen-bond donors (Lipinski definition) is 1. The summed E-state index contributed by atoms with van der Waals surface area (Å²) in [6, 6.07) is 0. The number of rotatable bonds is 0. The van der Waals surface area contributed by atoms with Gasteiger partial charge in [-0.1, -0.05) is 32.4 Å². The zero-order valence-electron chi connectivity index (χ0n) is 8.22. The molecular formula is C9H13ClN2O. The van der Waals surface area contributed by atoms with Crippen molar-refractivity contribution in [3.63, 3.8) is 0 Å². The van der Waals surface area contributed by atoms with Crippen LogP contribution in [0.25, 0.3) is 0 Å². The highest BCUT2D eigenvalue weighted by atomic mass is 35.5. The molecule has 0 saturated heterocycles. The maximum absolute atomic E-state index is 9.41. The molecule has 0 atom stereocenters. The smallest absolute Gasteiger partial charge is 0.218 e. The molecule has 4 heteroatoms. The molecule has 0 aliphatic rings. The highest BCUT2D eigenvalue weighted by molar-refractivity contribution is 6.30. The molecule has 0 aromatic carbocycles. The summed E-state index contributed by atoms with van der Waals surface area (Å²) in [6.45, 7) is 7.58. The number of aromatic hydroxyl groups is 1. The van der Waals surface area contributed by atoms with Gasteiger partial charge in [-0.3, -0.25) is 0 Å². The van der Waals surface area contributed by atoms with Crippen LogP contribution >= 0.6 is 11.6 Å². The summed E-state index contributed by atoms with van der Waals surface area (Å²) in [7, 11) is 0. The van der Waals surface area contributed by atoms with E-state index in [2.05, 4.69) is 9.97 Å². The maximum atomic E-state index is 9.41. The Labute approximate surface area is 82.8 Å². The van der Waals surface area contributed by atoms with E-state index in [1.165, 1.54) is 0 Å². The first-order valence-corrected chi connectivity index (χ1v) is 4.43. The van der Waals surface area contributed by atoms with Crippen LogP contribution in [0.15, 0.2) is 0 Å². The van der Waals surface area contributed by atoms with Crippen LogP contribution in [-0.2, 0) is 5.41 Å². The van der Waals surface area contributed by atoms with Crippen LogP contribution in [0.4, 0.5) is 0 Å². The van der Waals surface area contributed by atoms with Gasteiger partial charge in [0, 0.05) is 11.0 Å². The predicted molar refractivity (Wildman–Crippen MR) is 52.1 cm³/mol. The molecule has 1 aromatic heterocycles. The number of hydrogen-bond acceptors (Lipinski definition) is 3. The Kier molecular flexibility index (Phi) is 2.48. The Morgan fingerprint density at radius 1 is 1.23 bits per heavy atom. The lowest BCUT2D eigenvalue weighted by atomic mass is 9.96. The second kappa shape index (κ2) is 3.14. The van der Waals surface area contributed by atoms with Crippen molar-refractivity contribution in [2.45, 2.75) is 33.1 Å². The Morgan fingerprint density at radius 2 is 1.77 bits per heavy atom. The zero-order chi connectivity index (χ0) is 10.2. The first-order valence-electron chi connectivity index (χ1n) is 4.06. The van der Waals surface area contributed by atoms with Gasteiger partial charge in [0.2, 0.25) is 5.88 Å². The van der Waals surface area contributed by atoms with Crippen molar-refractivity contribution in [3.05, 3.63) is 16.5 Å². The summed E-state index contributed by atoms with van der Waals surface area (Å²) in [5, 5.41) is 9.73. The quantitative estimate of drug-likeness (QED) is 0.655. The Bertz CT molecular complexity index is 308. The largest absolute Gasteiger partial charge is 0.493 e. The first kappa shape index (κ1) is 10.3. The van der Waals surface area contributed by atoms with E-state index in [9.17, 15) is 5.11 Å². The van der Waals surface area contributed by atoms with E-state index in [1.807, 2.05) is 20.8 Å². The molecule has 1 N–H and O–H groups in total. The molecule has 3 nitrogen and oxygen atoms in total. The van der Waals surface area contributed by atoms with Crippen molar-refractivity contribution < 1.29 is 5.11 Å². The van der Waals surface area contributed by atoms with E-state index in [4.69, 9.17) is 11.6 Å². The molecule has 0 amide bonds. The fraction of sp³-hybridized carbons (Fsp3) is 0.556. The molecule has 1 rings (SSSR count). The summed E-state index contributed by atoms with van der Waals surface area (Å²) >= 11 is 5.81. The van der Waals surface area contributed by atoms with Crippen molar-refractivity contribution in [2.24, 2.45) is 0 Å². The molecule has 0 bridgehead atoms. The molecule has 0 aliphatic carbocycles. The molecular weight excluding hydrogens is 188 g/mol. The van der Waals surface area contributed by atoms with E-state index in [-0.39, 0.29) is 11.3 Å². The second-order valence-electron chi connectivity index (χ2n) is 4.04. The van der Waals surface area contributed by atoms with Gasteiger partial charge >= 0.3 is 0 Å². The van der Waals surface area contributed by atoms with Crippen LogP contribution in [0.1, 0.15) is 32.2 Å². The molecule has 13 heavy (non-hydrogen) atoms. The van der Waals surface area contributed by atoms with Crippen molar-refractivity contribution in [2.75, 3.05) is 0 Å². The Balaban J connectivity index is 3.29. The molecule has 0 unspecified atom stereocenters. The minimum Gasteiger partial charge on any atom is -0.493 e. The molecule has 0 radical (unpaired) electrons. The fourth-order valence-corrected chi connectivity index (χ4v) is 0.978. The topological polar surface area (TPSA) is 46.0 Å². The van der Waals surface area contributed by atoms with Crippen LogP contribution in [0.3, 0.4) is 0 Å². The van der Waals surface area contributed by atoms with Gasteiger partial charge in [0.1, 0.15) is 11.0 Å². The van der Waals surface area contributed by atoms with Gasteiger partial charge in [-0.05, 0) is 6.92 Å². The third kappa shape index (κ3) is 2.10. The van der Waals surface area contributed by atoms with Gasteiger partial charge in [0.15, 0.2) is 0 Å². The summed E-state index contributed by atoms with van der Waals surface area (Å²) in [5.74, 6) is 0.519. The molecule has 0 saturated carbocycles. The van der Waals surface area contributed by atoms with Crippen LogP contribution in [0.2, 0.25) is 5.15 Å². The minimum atomic E-state index is -0.200. The van der Waals surface area contributed by atoms with Crippen LogP contribution in [0, 0.1) is 6.92 Å². The van der Waals surface area contributed by atoms with E-state index < -0.39 is 0 Å². The fourth-order valence-electron chi connectivity index (χ4n) is 0.814. The highest BCUT2D eigenvalue weighted by Crippen LogP contribution is 2.26. The molecule has 0 spiro atoms. The first-order chi connectivity index (χ1) is 5.82. The number of halogens is 1. The van der Waals surface area contributed by atoms with Crippen LogP contribution in [0.5, 0.6) is 5.88 Å². The third-order valence-electron chi connectivity index (χ3n) is 1.73. The van der Waals surface area contributed by atoms with Crippen LogP contribution < -0.4 is 0 Å². The monoisotopic (exact) mass is 200 g/mol. The van der Waals surface area contributed by atoms with E-state index in [1.54, 1.807) is 6.92 Å². The van der Waals surface area contributed by atoms with Crippen molar-refractivity contribution in [3.8, 4) is 5.88 Å². The van der Waals surface area contributed by atoms with Crippen molar-refractivity contribution >= 4 is 11.6 Å². The predicted octanol–water partition coefficient (Wildman–Crippen LogP) is 2.44. The van der Waals surface area contributed by atoms with E-state index in [0.29, 0.717) is 16.5 Å². The molecule has 0 fully saturated rings. The zero-order valence-corrected chi connectivity index (χ0v) is 8.98. The summed E-state index contributed by atoms with van der Waals surface area (Å²) in [6.07, 6.45) is 0. The normalized spacial score (nSPS) is 11.8. The van der Waals surface area contributed by atoms with Gasteiger partial charge in [-0.2, -0.15) is 4.98 Å². The van der Waals surface area contributed by atoms with Crippen LogP contribution in [-0.4, -0.2) is 15.1 Å². The average molecular weight is 201 g/mol. The van der Waals surface area contributed by atoms with Gasteiger partial charge in [0.25, 0.3) is 0 Å². The van der Waals surface area contributed by atoms with E-state index >= 15 is 0 Å². The third-order valence-corrected chi connectivity index (χ3v) is 2.10. The molecule has 1 aromatic rings. The molecule has 72 valence electrons. The second-order valence-corrected chi connectivity index (χ2v) is 4.39. The summed E-state index contributed by atoms with van der Waals surface area (Å²) in [4.78, 5) is 8.06. The summed E-state index contributed by atoms with van der Waals surface area (Å²) < 4.78 is 0. The minimum absolute atomic E-state index is 0.0371. The van der Waals surface area contributed by atoms with Crippen molar-refractivity contribution in [1.29, 1.82) is 0 Å². The van der Waals surface area contributed by atoms with Gasteiger partial charge in [-0.25, -0.2) is 4.98 Å².